The highest BCUT2D eigenvalue weighted by Crippen LogP contribution is 2.40. The van der Waals surface area contributed by atoms with E-state index in [4.69, 9.17) is 0 Å². The molecule has 0 aromatic heterocycles. The molecule has 0 spiro atoms. The monoisotopic (exact) mass is 451 g/mol. The van der Waals surface area contributed by atoms with Crippen LogP contribution in [0.4, 0.5) is 5.69 Å². The Kier molecular flexibility index (Phi) is 7.28. The van der Waals surface area contributed by atoms with E-state index in [1.54, 1.807) is 0 Å². The highest BCUT2D eigenvalue weighted by molar-refractivity contribution is 6.46. The topological polar surface area (TPSA) is 104 Å². The van der Waals surface area contributed by atoms with Gasteiger partial charge in [-0.25, -0.2) is 0 Å². The number of likely N-dealkylation sites (tertiary alicyclic amines) is 1. The van der Waals surface area contributed by atoms with Crippen molar-refractivity contribution in [1.82, 2.24) is 9.80 Å². The molecule has 1 fully saturated rings. The summed E-state index contributed by atoms with van der Waals surface area (Å²) >= 11 is 0. The molecule has 174 valence electrons. The zero-order valence-electron chi connectivity index (χ0n) is 19.3. The number of nitro groups is 1. The number of nitro benzene ring substituents is 1. The lowest BCUT2D eigenvalue weighted by Gasteiger charge is -2.26. The summed E-state index contributed by atoms with van der Waals surface area (Å²) in [6.07, 6.45) is 0.665. The van der Waals surface area contributed by atoms with E-state index in [-0.39, 0.29) is 22.6 Å². The largest absolute Gasteiger partial charge is 0.507 e. The van der Waals surface area contributed by atoms with E-state index in [2.05, 4.69) is 13.8 Å². The Balaban J connectivity index is 2.08. The first-order chi connectivity index (χ1) is 15.6. The maximum absolute atomic E-state index is 13.0. The second kappa shape index (κ2) is 9.95. The van der Waals surface area contributed by atoms with Crippen molar-refractivity contribution >= 4 is 23.1 Å². The molecule has 1 atom stereocenters. The lowest BCUT2D eigenvalue weighted by molar-refractivity contribution is -0.384. The molecule has 33 heavy (non-hydrogen) atoms. The van der Waals surface area contributed by atoms with Gasteiger partial charge in [0.15, 0.2) is 0 Å². The quantitative estimate of drug-likeness (QED) is 0.213. The van der Waals surface area contributed by atoms with Crippen molar-refractivity contribution in [3.05, 3.63) is 80.9 Å². The molecule has 1 aliphatic heterocycles. The lowest BCUT2D eigenvalue weighted by Crippen LogP contribution is -2.32. The zero-order valence-corrected chi connectivity index (χ0v) is 19.3. The van der Waals surface area contributed by atoms with Gasteiger partial charge in [-0.2, -0.15) is 0 Å². The molecule has 2 aromatic carbocycles. The fourth-order valence-corrected chi connectivity index (χ4v) is 3.97. The fourth-order valence-electron chi connectivity index (χ4n) is 3.97. The minimum atomic E-state index is -0.756. The second-order valence-electron chi connectivity index (χ2n) is 8.77. The number of rotatable bonds is 8. The van der Waals surface area contributed by atoms with Gasteiger partial charge < -0.3 is 14.9 Å². The van der Waals surface area contributed by atoms with E-state index in [1.807, 2.05) is 43.3 Å². The van der Waals surface area contributed by atoms with Gasteiger partial charge in [0.1, 0.15) is 5.76 Å². The molecule has 8 heteroatoms. The summed E-state index contributed by atoms with van der Waals surface area (Å²) in [4.78, 5) is 39.9. The van der Waals surface area contributed by atoms with Crippen molar-refractivity contribution in [2.24, 2.45) is 0 Å². The summed E-state index contributed by atoms with van der Waals surface area (Å²) in [5.41, 5.74) is 1.97. The number of non-ortho nitro benzene ring substituents is 1. The number of carbonyl (C=O) groups excluding carboxylic acids is 2. The third kappa shape index (κ3) is 5.12. The van der Waals surface area contributed by atoms with E-state index in [9.17, 15) is 24.8 Å². The van der Waals surface area contributed by atoms with E-state index in [0.717, 1.165) is 17.7 Å². The molecule has 1 N–H and O–H groups in total. The second-order valence-corrected chi connectivity index (χ2v) is 8.77. The number of hydrogen-bond acceptors (Lipinski definition) is 6. The number of hydrogen-bond donors (Lipinski definition) is 1. The summed E-state index contributed by atoms with van der Waals surface area (Å²) in [5, 5.41) is 22.0. The van der Waals surface area contributed by atoms with Crippen molar-refractivity contribution in [1.29, 1.82) is 0 Å². The Morgan fingerprint density at radius 1 is 1.09 bits per heavy atom. The Bertz CT molecular complexity index is 1070. The molecule has 8 nitrogen and oxygen atoms in total. The molecule has 0 saturated carbocycles. The minimum Gasteiger partial charge on any atom is -0.507 e. The van der Waals surface area contributed by atoms with Crippen LogP contribution in [0, 0.1) is 10.1 Å². The van der Waals surface area contributed by atoms with Gasteiger partial charge >= 0.3 is 0 Å². The lowest BCUT2D eigenvalue weighted by atomic mass is 9.93. The number of Topliss-reactive ketones (excluding diaryl/α,β-unsaturated/α-hetero) is 1. The molecule has 1 heterocycles. The molecule has 1 unspecified atom stereocenters. The molecule has 3 rings (SSSR count). The number of carbonyl (C=O) groups is 2. The summed E-state index contributed by atoms with van der Waals surface area (Å²) in [5.74, 6) is -1.43. The molecule has 0 bridgehead atoms. The van der Waals surface area contributed by atoms with Crippen LogP contribution in [0.5, 0.6) is 0 Å². The van der Waals surface area contributed by atoms with Crippen molar-refractivity contribution in [3.8, 4) is 0 Å². The van der Waals surface area contributed by atoms with Crippen molar-refractivity contribution in [2.75, 3.05) is 27.2 Å². The number of ketones is 1. The average molecular weight is 452 g/mol. The van der Waals surface area contributed by atoms with E-state index < -0.39 is 22.7 Å². The van der Waals surface area contributed by atoms with Crippen LogP contribution in [0.15, 0.2) is 54.1 Å². The number of benzene rings is 2. The predicted molar refractivity (Wildman–Crippen MR) is 126 cm³/mol. The first-order valence-corrected chi connectivity index (χ1v) is 10.9. The van der Waals surface area contributed by atoms with E-state index in [1.165, 1.54) is 29.2 Å². The van der Waals surface area contributed by atoms with Crippen LogP contribution in [0.3, 0.4) is 0 Å². The molecule has 2 aromatic rings. The number of aliphatic hydroxyl groups is 1. The number of amides is 1. The summed E-state index contributed by atoms with van der Waals surface area (Å²) < 4.78 is 0. The molecular formula is C25H29N3O5. The van der Waals surface area contributed by atoms with Crippen LogP contribution in [0.1, 0.15) is 48.9 Å². The van der Waals surface area contributed by atoms with Gasteiger partial charge in [0.25, 0.3) is 17.4 Å². The van der Waals surface area contributed by atoms with Gasteiger partial charge in [-0.15, -0.1) is 0 Å². The molecule has 0 radical (unpaired) electrons. The first kappa shape index (κ1) is 24.1. The molecule has 1 saturated heterocycles. The number of nitrogens with zero attached hydrogens (tertiary/aromatic N) is 3. The molecule has 1 aliphatic rings. The van der Waals surface area contributed by atoms with E-state index >= 15 is 0 Å². The first-order valence-electron chi connectivity index (χ1n) is 10.9. The van der Waals surface area contributed by atoms with Crippen LogP contribution in [0.25, 0.3) is 5.76 Å². The Morgan fingerprint density at radius 2 is 1.70 bits per heavy atom. The van der Waals surface area contributed by atoms with Gasteiger partial charge in [-0.3, -0.25) is 19.7 Å². The predicted octanol–water partition coefficient (Wildman–Crippen LogP) is 4.09. The van der Waals surface area contributed by atoms with Crippen molar-refractivity contribution < 1.29 is 19.6 Å². The average Bonchev–Trinajstić information content (AvgIpc) is 3.03. The summed E-state index contributed by atoms with van der Waals surface area (Å²) in [7, 11) is 3.87. The maximum Gasteiger partial charge on any atom is 0.295 e. The van der Waals surface area contributed by atoms with Crippen LogP contribution in [0.2, 0.25) is 0 Å². The van der Waals surface area contributed by atoms with Gasteiger partial charge in [-0.1, -0.05) is 38.1 Å². The highest BCUT2D eigenvalue weighted by atomic mass is 16.6. The Hall–Kier alpha value is -3.52. The fraction of sp³-hybridized carbons (Fsp3) is 0.360. The van der Waals surface area contributed by atoms with Gasteiger partial charge in [0.05, 0.1) is 16.5 Å². The molecular weight excluding hydrogens is 422 g/mol. The Labute approximate surface area is 193 Å². The van der Waals surface area contributed by atoms with Crippen LogP contribution in [-0.2, 0) is 9.59 Å². The van der Waals surface area contributed by atoms with Crippen molar-refractivity contribution in [3.63, 3.8) is 0 Å². The zero-order chi connectivity index (χ0) is 24.3. The van der Waals surface area contributed by atoms with Gasteiger partial charge in [0.2, 0.25) is 0 Å². The third-order valence-electron chi connectivity index (χ3n) is 5.81. The van der Waals surface area contributed by atoms with Gasteiger partial charge in [0, 0.05) is 24.2 Å². The normalized spacial score (nSPS) is 17.9. The standard InChI is InChI=1S/C25H29N3O5/c1-16(2)17-6-8-18(9-7-17)22-21(23(29)19-10-12-20(13-11-19)28(32)33)24(30)25(31)27(22)15-5-14-26(3)4/h6-13,16,22,29H,5,14-15H2,1-4H3/b23-21-. The highest BCUT2D eigenvalue weighted by Gasteiger charge is 2.45. The van der Waals surface area contributed by atoms with Crippen LogP contribution < -0.4 is 0 Å². The Morgan fingerprint density at radius 3 is 2.21 bits per heavy atom. The van der Waals surface area contributed by atoms with Crippen molar-refractivity contribution in [2.45, 2.75) is 32.2 Å². The summed E-state index contributed by atoms with van der Waals surface area (Å²) in [6.45, 7) is 5.26. The molecule has 0 aliphatic carbocycles. The van der Waals surface area contributed by atoms with E-state index in [0.29, 0.717) is 18.9 Å². The third-order valence-corrected chi connectivity index (χ3v) is 5.81. The van der Waals surface area contributed by atoms with Gasteiger partial charge in [-0.05, 0) is 56.2 Å². The minimum absolute atomic E-state index is 0.00370. The number of aliphatic hydroxyl groups excluding tert-OH is 1. The SMILES string of the molecule is CC(C)c1ccc(C2/C(=C(/O)c3ccc([N+](=O)[O-])cc3)C(=O)C(=O)N2CCCN(C)C)cc1. The van der Waals surface area contributed by atoms with Crippen LogP contribution >= 0.6 is 0 Å². The maximum atomic E-state index is 13.0. The smallest absolute Gasteiger partial charge is 0.295 e. The molecule has 1 amide bonds. The van der Waals surface area contributed by atoms with Crippen LogP contribution in [-0.4, -0.2) is 58.7 Å². The summed E-state index contributed by atoms with van der Waals surface area (Å²) in [6, 6.07) is 12.2.